The van der Waals surface area contributed by atoms with Gasteiger partial charge in [0.15, 0.2) is 0 Å². The number of aromatic nitrogens is 2. The van der Waals surface area contributed by atoms with Crippen LogP contribution in [0.5, 0.6) is 0 Å². The van der Waals surface area contributed by atoms with Gasteiger partial charge in [-0.25, -0.2) is 9.37 Å². The van der Waals surface area contributed by atoms with Crippen LogP contribution in [0.15, 0.2) is 49.3 Å². The zero-order chi connectivity index (χ0) is 13.0. The van der Waals surface area contributed by atoms with Crippen LogP contribution >= 0.6 is 0 Å². The molecule has 3 nitrogen and oxygen atoms in total. The van der Waals surface area contributed by atoms with Crippen molar-refractivity contribution in [3.05, 3.63) is 60.7 Å². The van der Waals surface area contributed by atoms with Crippen molar-refractivity contribution in [2.24, 2.45) is 0 Å². The fraction of sp³-hybridized carbons (Fsp3) is 0.214. The average molecular weight is 245 g/mol. The van der Waals surface area contributed by atoms with Gasteiger partial charge in [-0.2, -0.15) is 0 Å². The van der Waals surface area contributed by atoms with Crippen LogP contribution in [-0.4, -0.2) is 16.1 Å². The summed E-state index contributed by atoms with van der Waals surface area (Å²) in [5.74, 6) is 0.534. The van der Waals surface area contributed by atoms with Gasteiger partial charge in [-0.15, -0.1) is 6.58 Å². The van der Waals surface area contributed by atoms with Crippen molar-refractivity contribution in [1.29, 1.82) is 0 Å². The Balaban J connectivity index is 2.25. The van der Waals surface area contributed by atoms with Gasteiger partial charge in [0.2, 0.25) is 5.95 Å². The maximum absolute atomic E-state index is 13.2. The molecule has 2 rings (SSSR count). The maximum atomic E-state index is 13.2. The molecule has 2 aromatic rings. The van der Waals surface area contributed by atoms with Gasteiger partial charge >= 0.3 is 0 Å². The standard InChI is InChI=1S/C14H16FN3/c1-3-7-16-14-17-8-9-18(14)11(2)12-5-4-6-13(15)10-12/h3-6,8-11H,1,7H2,2H3,(H,16,17). The Morgan fingerprint density at radius 1 is 1.56 bits per heavy atom. The molecule has 0 aliphatic rings. The van der Waals surface area contributed by atoms with E-state index in [1.807, 2.05) is 23.8 Å². The fourth-order valence-corrected chi connectivity index (χ4v) is 1.85. The van der Waals surface area contributed by atoms with E-state index in [2.05, 4.69) is 16.9 Å². The molecule has 1 atom stereocenters. The minimum absolute atomic E-state index is 0.0236. The molecule has 1 aromatic carbocycles. The molecule has 1 unspecified atom stereocenters. The molecular weight excluding hydrogens is 229 g/mol. The van der Waals surface area contributed by atoms with Crippen molar-refractivity contribution in [3.63, 3.8) is 0 Å². The molecule has 1 aromatic heterocycles. The summed E-state index contributed by atoms with van der Waals surface area (Å²) in [4.78, 5) is 4.23. The van der Waals surface area contributed by atoms with E-state index in [0.29, 0.717) is 6.54 Å². The van der Waals surface area contributed by atoms with Gasteiger partial charge in [0, 0.05) is 18.9 Å². The second kappa shape index (κ2) is 5.49. The summed E-state index contributed by atoms with van der Waals surface area (Å²) >= 11 is 0. The Hall–Kier alpha value is -2.10. The summed E-state index contributed by atoms with van der Waals surface area (Å²) in [5.41, 5.74) is 0.912. The number of hydrogen-bond acceptors (Lipinski definition) is 2. The van der Waals surface area contributed by atoms with E-state index in [9.17, 15) is 4.39 Å². The van der Waals surface area contributed by atoms with Crippen molar-refractivity contribution in [3.8, 4) is 0 Å². The highest BCUT2D eigenvalue weighted by atomic mass is 19.1. The lowest BCUT2D eigenvalue weighted by molar-refractivity contribution is 0.606. The molecule has 18 heavy (non-hydrogen) atoms. The first-order valence-electron chi connectivity index (χ1n) is 5.85. The predicted molar refractivity (Wildman–Crippen MR) is 71.1 cm³/mol. The first-order valence-corrected chi connectivity index (χ1v) is 5.85. The van der Waals surface area contributed by atoms with Gasteiger partial charge in [0.25, 0.3) is 0 Å². The summed E-state index contributed by atoms with van der Waals surface area (Å²) in [6.45, 7) is 6.31. The third-order valence-corrected chi connectivity index (χ3v) is 2.82. The Labute approximate surface area is 106 Å². The summed E-state index contributed by atoms with van der Waals surface area (Å²) in [6, 6.07) is 6.64. The maximum Gasteiger partial charge on any atom is 0.203 e. The molecule has 0 spiro atoms. The van der Waals surface area contributed by atoms with Crippen molar-refractivity contribution in [2.75, 3.05) is 11.9 Å². The number of rotatable bonds is 5. The van der Waals surface area contributed by atoms with Gasteiger partial charge in [-0.05, 0) is 24.6 Å². The zero-order valence-corrected chi connectivity index (χ0v) is 10.3. The third-order valence-electron chi connectivity index (χ3n) is 2.82. The lowest BCUT2D eigenvalue weighted by Crippen LogP contribution is -2.11. The van der Waals surface area contributed by atoms with Crippen LogP contribution in [0, 0.1) is 5.82 Å². The van der Waals surface area contributed by atoms with E-state index in [0.717, 1.165) is 11.5 Å². The molecule has 0 amide bonds. The Kier molecular flexibility index (Phi) is 3.77. The van der Waals surface area contributed by atoms with Crippen LogP contribution < -0.4 is 5.32 Å². The molecule has 1 heterocycles. The van der Waals surface area contributed by atoms with Crippen LogP contribution in [-0.2, 0) is 0 Å². The van der Waals surface area contributed by atoms with E-state index in [1.54, 1.807) is 24.4 Å². The van der Waals surface area contributed by atoms with Crippen LogP contribution in [0.3, 0.4) is 0 Å². The van der Waals surface area contributed by atoms with Crippen LogP contribution in [0.2, 0.25) is 0 Å². The molecule has 4 heteroatoms. The highest BCUT2D eigenvalue weighted by Gasteiger charge is 2.11. The first kappa shape index (κ1) is 12.4. The quantitative estimate of drug-likeness (QED) is 0.820. The number of nitrogens with one attached hydrogen (secondary N) is 1. The first-order chi connectivity index (χ1) is 8.72. The Bertz CT molecular complexity index is 533. The number of imidazole rings is 1. The molecule has 0 bridgehead atoms. The molecule has 0 fully saturated rings. The van der Waals surface area contributed by atoms with Crippen molar-refractivity contribution in [2.45, 2.75) is 13.0 Å². The average Bonchev–Trinajstić information content (AvgIpc) is 2.83. The normalized spacial score (nSPS) is 12.1. The van der Waals surface area contributed by atoms with Gasteiger partial charge in [-0.3, -0.25) is 0 Å². The number of nitrogens with zero attached hydrogens (tertiary/aromatic N) is 2. The van der Waals surface area contributed by atoms with E-state index in [1.165, 1.54) is 6.07 Å². The fourth-order valence-electron chi connectivity index (χ4n) is 1.85. The zero-order valence-electron chi connectivity index (χ0n) is 10.3. The minimum atomic E-state index is -0.222. The topological polar surface area (TPSA) is 29.9 Å². The molecule has 0 aliphatic carbocycles. The van der Waals surface area contributed by atoms with Gasteiger partial charge in [0.05, 0.1) is 6.04 Å². The number of halogens is 1. The second-order valence-electron chi connectivity index (χ2n) is 4.06. The Morgan fingerprint density at radius 2 is 2.39 bits per heavy atom. The van der Waals surface area contributed by atoms with Crippen LogP contribution in [0.1, 0.15) is 18.5 Å². The monoisotopic (exact) mass is 245 g/mol. The molecule has 94 valence electrons. The number of benzene rings is 1. The molecule has 0 aliphatic heterocycles. The van der Waals surface area contributed by atoms with E-state index >= 15 is 0 Å². The van der Waals surface area contributed by atoms with Crippen LogP contribution in [0.25, 0.3) is 0 Å². The van der Waals surface area contributed by atoms with E-state index < -0.39 is 0 Å². The van der Waals surface area contributed by atoms with E-state index in [-0.39, 0.29) is 11.9 Å². The Morgan fingerprint density at radius 3 is 3.11 bits per heavy atom. The molecule has 1 N–H and O–H groups in total. The molecule has 0 radical (unpaired) electrons. The molecular formula is C14H16FN3. The summed E-state index contributed by atoms with van der Waals surface area (Å²) < 4.78 is 15.2. The van der Waals surface area contributed by atoms with Crippen molar-refractivity contribution >= 4 is 5.95 Å². The summed E-state index contributed by atoms with van der Waals surface area (Å²) in [6.07, 6.45) is 5.37. The van der Waals surface area contributed by atoms with E-state index in [4.69, 9.17) is 0 Å². The van der Waals surface area contributed by atoms with Crippen LogP contribution in [0.4, 0.5) is 10.3 Å². The lowest BCUT2D eigenvalue weighted by atomic mass is 10.1. The second-order valence-corrected chi connectivity index (χ2v) is 4.06. The van der Waals surface area contributed by atoms with Crippen molar-refractivity contribution < 1.29 is 4.39 Å². The number of hydrogen-bond donors (Lipinski definition) is 1. The predicted octanol–water partition coefficient (Wildman–Crippen LogP) is 3.23. The van der Waals surface area contributed by atoms with Gasteiger partial charge in [0.1, 0.15) is 5.82 Å². The number of anilines is 1. The highest BCUT2D eigenvalue weighted by molar-refractivity contribution is 5.31. The summed E-state index contributed by atoms with van der Waals surface area (Å²) in [5, 5.41) is 3.15. The molecule has 0 saturated carbocycles. The smallest absolute Gasteiger partial charge is 0.203 e. The van der Waals surface area contributed by atoms with Gasteiger partial charge < -0.3 is 9.88 Å². The largest absolute Gasteiger partial charge is 0.352 e. The third kappa shape index (κ3) is 2.59. The minimum Gasteiger partial charge on any atom is -0.352 e. The lowest BCUT2D eigenvalue weighted by Gasteiger charge is -2.17. The SMILES string of the molecule is C=CCNc1nccn1C(C)c1cccc(F)c1. The summed E-state index contributed by atoms with van der Waals surface area (Å²) in [7, 11) is 0. The van der Waals surface area contributed by atoms with Gasteiger partial charge in [-0.1, -0.05) is 18.2 Å². The van der Waals surface area contributed by atoms with Crippen molar-refractivity contribution in [1.82, 2.24) is 9.55 Å². The molecule has 0 saturated heterocycles. The highest BCUT2D eigenvalue weighted by Crippen LogP contribution is 2.22.